The molecule has 3 unspecified atom stereocenters. The molecule has 2 fully saturated rings. The Morgan fingerprint density at radius 3 is 2.87 bits per heavy atom. The highest BCUT2D eigenvalue weighted by Crippen LogP contribution is 2.16. The van der Waals surface area contributed by atoms with Gasteiger partial charge in [-0.05, 0) is 39.7 Å². The van der Waals surface area contributed by atoms with Crippen LogP contribution in [-0.4, -0.2) is 49.8 Å². The van der Waals surface area contributed by atoms with E-state index in [2.05, 4.69) is 24.2 Å². The molecular formula is C12H24N2O. The highest BCUT2D eigenvalue weighted by Gasteiger charge is 2.26. The number of hydrogen-bond donors (Lipinski definition) is 1. The zero-order valence-electron chi connectivity index (χ0n) is 10.0. The maximum atomic E-state index is 5.72. The molecule has 0 aromatic carbocycles. The van der Waals surface area contributed by atoms with E-state index in [1.54, 1.807) is 0 Å². The fraction of sp³-hybridized carbons (Fsp3) is 1.00. The summed E-state index contributed by atoms with van der Waals surface area (Å²) in [6, 6.07) is 1.41. The van der Waals surface area contributed by atoms with E-state index in [1.165, 1.54) is 32.2 Å². The summed E-state index contributed by atoms with van der Waals surface area (Å²) in [6.07, 6.45) is 5.58. The number of nitrogens with one attached hydrogen (secondary N) is 1. The Kier molecular flexibility index (Phi) is 4.00. The van der Waals surface area contributed by atoms with Gasteiger partial charge >= 0.3 is 0 Å². The lowest BCUT2D eigenvalue weighted by molar-refractivity contribution is 0.0155. The van der Waals surface area contributed by atoms with E-state index in [0.717, 1.165) is 19.2 Å². The average molecular weight is 212 g/mol. The van der Waals surface area contributed by atoms with Gasteiger partial charge in [0, 0.05) is 31.8 Å². The topological polar surface area (TPSA) is 24.5 Å². The predicted octanol–water partition coefficient (Wildman–Crippen LogP) is 1.24. The van der Waals surface area contributed by atoms with Crippen LogP contribution in [0.4, 0.5) is 0 Å². The monoisotopic (exact) mass is 212 g/mol. The summed E-state index contributed by atoms with van der Waals surface area (Å²) in [5.74, 6) is 0. The molecule has 3 atom stereocenters. The fourth-order valence-electron chi connectivity index (χ4n) is 2.61. The van der Waals surface area contributed by atoms with E-state index in [9.17, 15) is 0 Å². The van der Waals surface area contributed by atoms with Crippen molar-refractivity contribution in [2.45, 2.75) is 50.8 Å². The van der Waals surface area contributed by atoms with Crippen LogP contribution in [0.25, 0.3) is 0 Å². The highest BCUT2D eigenvalue weighted by molar-refractivity contribution is 4.85. The van der Waals surface area contributed by atoms with Crippen molar-refractivity contribution >= 4 is 0 Å². The second kappa shape index (κ2) is 5.28. The maximum absolute atomic E-state index is 5.72. The molecule has 2 aliphatic rings. The van der Waals surface area contributed by atoms with Crippen LogP contribution in [0.1, 0.15) is 32.6 Å². The second-order valence-corrected chi connectivity index (χ2v) is 5.12. The fourth-order valence-corrected chi connectivity index (χ4v) is 2.61. The molecule has 0 amide bonds. The average Bonchev–Trinajstić information content (AvgIpc) is 2.57. The van der Waals surface area contributed by atoms with Gasteiger partial charge < -0.3 is 15.0 Å². The third-order valence-corrected chi connectivity index (χ3v) is 3.79. The minimum absolute atomic E-state index is 0.472. The Bertz CT molecular complexity index is 182. The first-order valence-corrected chi connectivity index (χ1v) is 6.31. The lowest BCUT2D eigenvalue weighted by atomic mass is 10.1. The molecular weight excluding hydrogens is 188 g/mol. The van der Waals surface area contributed by atoms with Gasteiger partial charge in [0.25, 0.3) is 0 Å². The summed E-state index contributed by atoms with van der Waals surface area (Å²) < 4.78 is 5.72. The smallest absolute Gasteiger partial charge is 0.0699 e. The highest BCUT2D eigenvalue weighted by atomic mass is 16.5. The van der Waals surface area contributed by atoms with Gasteiger partial charge in [-0.2, -0.15) is 0 Å². The van der Waals surface area contributed by atoms with Gasteiger partial charge in [0.1, 0.15) is 0 Å². The summed E-state index contributed by atoms with van der Waals surface area (Å²) in [7, 11) is 2.21. The van der Waals surface area contributed by atoms with Crippen LogP contribution in [0.3, 0.4) is 0 Å². The molecule has 2 heterocycles. The van der Waals surface area contributed by atoms with E-state index in [-0.39, 0.29) is 0 Å². The van der Waals surface area contributed by atoms with Crippen LogP contribution in [0, 0.1) is 0 Å². The van der Waals surface area contributed by atoms with Gasteiger partial charge in [0.05, 0.1) is 6.10 Å². The van der Waals surface area contributed by atoms with Gasteiger partial charge in [-0.3, -0.25) is 0 Å². The molecule has 88 valence electrons. The summed E-state index contributed by atoms with van der Waals surface area (Å²) in [6.45, 7) is 5.51. The van der Waals surface area contributed by atoms with Gasteiger partial charge in [-0.25, -0.2) is 0 Å². The Morgan fingerprint density at radius 1 is 1.40 bits per heavy atom. The molecule has 0 spiro atoms. The second-order valence-electron chi connectivity index (χ2n) is 5.12. The van der Waals surface area contributed by atoms with Crippen molar-refractivity contribution in [3.05, 3.63) is 0 Å². The molecule has 0 aliphatic carbocycles. The third kappa shape index (κ3) is 3.16. The Balaban J connectivity index is 1.65. The summed E-state index contributed by atoms with van der Waals surface area (Å²) in [5.41, 5.74) is 0. The Hall–Kier alpha value is -0.120. The van der Waals surface area contributed by atoms with Gasteiger partial charge in [0.2, 0.25) is 0 Å². The minimum Gasteiger partial charge on any atom is -0.377 e. The van der Waals surface area contributed by atoms with Crippen LogP contribution in [-0.2, 0) is 4.74 Å². The number of ether oxygens (including phenoxy) is 1. The van der Waals surface area contributed by atoms with Crippen LogP contribution in [0.15, 0.2) is 0 Å². The molecule has 2 saturated heterocycles. The number of likely N-dealkylation sites (tertiary alicyclic amines) is 1. The number of likely N-dealkylation sites (N-methyl/N-ethyl adjacent to an activating group) is 1. The quantitative estimate of drug-likeness (QED) is 0.762. The molecule has 0 saturated carbocycles. The van der Waals surface area contributed by atoms with Crippen LogP contribution in [0.5, 0.6) is 0 Å². The molecule has 3 heteroatoms. The van der Waals surface area contributed by atoms with Gasteiger partial charge in [0.15, 0.2) is 0 Å². The molecule has 0 aromatic heterocycles. The molecule has 0 radical (unpaired) electrons. The van der Waals surface area contributed by atoms with Crippen LogP contribution in [0.2, 0.25) is 0 Å². The summed E-state index contributed by atoms with van der Waals surface area (Å²) in [5, 5.41) is 3.65. The normalized spacial score (nSPS) is 38.4. The van der Waals surface area contributed by atoms with E-state index in [1.807, 2.05) is 0 Å². The molecule has 1 N–H and O–H groups in total. The standard InChI is InChI=1S/C12H24N2O/c1-10-7-11(9-14(10)2)13-8-12-5-3-4-6-15-12/h10-13H,3-9H2,1-2H3. The minimum atomic E-state index is 0.472. The molecule has 15 heavy (non-hydrogen) atoms. The van der Waals surface area contributed by atoms with Crippen molar-refractivity contribution in [1.82, 2.24) is 10.2 Å². The summed E-state index contributed by atoms with van der Waals surface area (Å²) in [4.78, 5) is 2.43. The largest absolute Gasteiger partial charge is 0.377 e. The van der Waals surface area contributed by atoms with Gasteiger partial charge in [-0.1, -0.05) is 0 Å². The Labute approximate surface area is 93.2 Å². The molecule has 2 aliphatic heterocycles. The Morgan fingerprint density at radius 2 is 2.27 bits per heavy atom. The number of nitrogens with zero attached hydrogens (tertiary/aromatic N) is 1. The zero-order chi connectivity index (χ0) is 10.7. The molecule has 0 bridgehead atoms. The number of rotatable bonds is 3. The van der Waals surface area contributed by atoms with E-state index >= 15 is 0 Å². The zero-order valence-corrected chi connectivity index (χ0v) is 10.0. The van der Waals surface area contributed by atoms with Crippen LogP contribution >= 0.6 is 0 Å². The SMILES string of the molecule is CC1CC(NCC2CCCCO2)CN1C. The van der Waals surface area contributed by atoms with Crippen LogP contribution < -0.4 is 5.32 Å². The summed E-state index contributed by atoms with van der Waals surface area (Å²) >= 11 is 0. The van der Waals surface area contributed by atoms with E-state index in [0.29, 0.717) is 12.1 Å². The number of hydrogen-bond acceptors (Lipinski definition) is 3. The van der Waals surface area contributed by atoms with Crippen molar-refractivity contribution in [2.24, 2.45) is 0 Å². The first-order chi connectivity index (χ1) is 7.25. The van der Waals surface area contributed by atoms with Gasteiger partial charge in [-0.15, -0.1) is 0 Å². The van der Waals surface area contributed by atoms with Crippen molar-refractivity contribution in [3.8, 4) is 0 Å². The van der Waals surface area contributed by atoms with Crippen molar-refractivity contribution in [1.29, 1.82) is 0 Å². The van der Waals surface area contributed by atoms with Crippen molar-refractivity contribution < 1.29 is 4.74 Å². The molecule has 3 nitrogen and oxygen atoms in total. The first kappa shape index (κ1) is 11.4. The lowest BCUT2D eigenvalue weighted by Crippen LogP contribution is -2.39. The van der Waals surface area contributed by atoms with Crippen molar-refractivity contribution in [2.75, 3.05) is 26.7 Å². The maximum Gasteiger partial charge on any atom is 0.0699 e. The van der Waals surface area contributed by atoms with E-state index < -0.39 is 0 Å². The predicted molar refractivity (Wildman–Crippen MR) is 62.1 cm³/mol. The first-order valence-electron chi connectivity index (χ1n) is 6.31. The molecule has 0 aromatic rings. The molecule has 2 rings (SSSR count). The van der Waals surface area contributed by atoms with Crippen molar-refractivity contribution in [3.63, 3.8) is 0 Å². The lowest BCUT2D eigenvalue weighted by Gasteiger charge is -2.24. The third-order valence-electron chi connectivity index (χ3n) is 3.79. The van der Waals surface area contributed by atoms with E-state index in [4.69, 9.17) is 4.74 Å².